The zero-order valence-electron chi connectivity index (χ0n) is 16.4. The van der Waals surface area contributed by atoms with Crippen molar-refractivity contribution in [1.82, 2.24) is 5.32 Å². The standard InChI is InChI=1S/C24H15Cl2FN2O3/c25-17-8-4-9-19(27)22(17)23(30)29-24(31)28-15-11-12-21(18(26)13-15)32-20-10-3-6-14-5-1-2-7-16(14)20/h1-13H,(H2,28,29,30,31). The van der Waals surface area contributed by atoms with Crippen molar-refractivity contribution in [1.29, 1.82) is 0 Å². The van der Waals surface area contributed by atoms with Crippen molar-refractivity contribution >= 4 is 51.6 Å². The second-order valence-electron chi connectivity index (χ2n) is 6.73. The number of amides is 3. The summed E-state index contributed by atoms with van der Waals surface area (Å²) in [4.78, 5) is 24.3. The first kappa shape index (κ1) is 21.6. The molecule has 160 valence electrons. The Kier molecular flexibility index (Phi) is 6.25. The highest BCUT2D eigenvalue weighted by molar-refractivity contribution is 6.34. The minimum Gasteiger partial charge on any atom is -0.455 e. The number of anilines is 1. The summed E-state index contributed by atoms with van der Waals surface area (Å²) in [5, 5.41) is 6.60. The van der Waals surface area contributed by atoms with E-state index in [1.807, 2.05) is 47.8 Å². The van der Waals surface area contributed by atoms with Gasteiger partial charge in [-0.3, -0.25) is 10.1 Å². The molecule has 4 rings (SSSR count). The largest absolute Gasteiger partial charge is 0.455 e. The van der Waals surface area contributed by atoms with Gasteiger partial charge in [-0.05, 0) is 41.8 Å². The van der Waals surface area contributed by atoms with Gasteiger partial charge in [0.2, 0.25) is 0 Å². The summed E-state index contributed by atoms with van der Waals surface area (Å²) in [5.74, 6) is -0.771. The molecule has 0 saturated heterocycles. The highest BCUT2D eigenvalue weighted by Crippen LogP contribution is 2.35. The number of hydrogen-bond donors (Lipinski definition) is 2. The first-order valence-electron chi connectivity index (χ1n) is 9.44. The maximum atomic E-state index is 13.8. The van der Waals surface area contributed by atoms with Gasteiger partial charge >= 0.3 is 6.03 Å². The number of benzene rings is 4. The molecule has 0 bridgehead atoms. The fourth-order valence-corrected chi connectivity index (χ4v) is 3.58. The van der Waals surface area contributed by atoms with Crippen molar-refractivity contribution in [3.8, 4) is 11.5 Å². The van der Waals surface area contributed by atoms with E-state index in [9.17, 15) is 14.0 Å². The summed E-state index contributed by atoms with van der Waals surface area (Å²) < 4.78 is 19.8. The number of ether oxygens (including phenoxy) is 1. The van der Waals surface area contributed by atoms with E-state index >= 15 is 0 Å². The van der Waals surface area contributed by atoms with Gasteiger partial charge in [0.25, 0.3) is 5.91 Å². The molecule has 8 heteroatoms. The monoisotopic (exact) mass is 468 g/mol. The lowest BCUT2D eigenvalue weighted by Gasteiger charge is -2.12. The maximum absolute atomic E-state index is 13.8. The van der Waals surface area contributed by atoms with Crippen LogP contribution >= 0.6 is 23.2 Å². The second-order valence-corrected chi connectivity index (χ2v) is 7.54. The minimum atomic E-state index is -0.965. The molecule has 0 heterocycles. The predicted octanol–water partition coefficient (Wildman–Crippen LogP) is 7.04. The topological polar surface area (TPSA) is 67.4 Å². The number of imide groups is 1. The Hall–Kier alpha value is -3.61. The molecular weight excluding hydrogens is 454 g/mol. The first-order valence-corrected chi connectivity index (χ1v) is 10.2. The number of nitrogens with one attached hydrogen (secondary N) is 2. The smallest absolute Gasteiger partial charge is 0.326 e. The van der Waals surface area contributed by atoms with Crippen LogP contribution in [0, 0.1) is 5.82 Å². The molecule has 2 N–H and O–H groups in total. The molecule has 0 atom stereocenters. The molecule has 0 saturated carbocycles. The SMILES string of the molecule is O=C(NC(=O)c1c(F)cccc1Cl)Nc1ccc(Oc2cccc3ccccc23)c(Cl)c1. The van der Waals surface area contributed by atoms with E-state index in [1.165, 1.54) is 18.2 Å². The quantitative estimate of drug-likeness (QED) is 0.337. The van der Waals surface area contributed by atoms with Crippen molar-refractivity contribution in [3.05, 3.63) is 100 Å². The molecule has 0 aliphatic heterocycles. The van der Waals surface area contributed by atoms with Crippen molar-refractivity contribution in [2.45, 2.75) is 0 Å². The van der Waals surface area contributed by atoms with E-state index in [4.69, 9.17) is 27.9 Å². The van der Waals surface area contributed by atoms with Gasteiger partial charge in [0.1, 0.15) is 17.3 Å². The third kappa shape index (κ3) is 4.66. The van der Waals surface area contributed by atoms with Gasteiger partial charge in [0, 0.05) is 11.1 Å². The third-order valence-electron chi connectivity index (χ3n) is 4.58. The number of carbonyl (C=O) groups is 2. The summed E-state index contributed by atoms with van der Waals surface area (Å²) >= 11 is 12.2. The number of fused-ring (bicyclic) bond motifs is 1. The highest BCUT2D eigenvalue weighted by atomic mass is 35.5. The van der Waals surface area contributed by atoms with E-state index in [-0.39, 0.29) is 10.0 Å². The molecule has 0 aromatic heterocycles. The lowest BCUT2D eigenvalue weighted by atomic mass is 10.1. The average Bonchev–Trinajstić information content (AvgIpc) is 2.75. The Morgan fingerprint density at radius 3 is 2.34 bits per heavy atom. The van der Waals surface area contributed by atoms with Gasteiger partial charge in [0.15, 0.2) is 0 Å². The van der Waals surface area contributed by atoms with Crippen LogP contribution in [0.3, 0.4) is 0 Å². The molecular formula is C24H15Cl2FN2O3. The van der Waals surface area contributed by atoms with E-state index < -0.39 is 23.3 Å². The van der Waals surface area contributed by atoms with Gasteiger partial charge < -0.3 is 10.1 Å². The lowest BCUT2D eigenvalue weighted by Crippen LogP contribution is -2.35. The molecule has 0 unspecified atom stereocenters. The van der Waals surface area contributed by atoms with Crippen LogP contribution < -0.4 is 15.4 Å². The van der Waals surface area contributed by atoms with Gasteiger partial charge in [0.05, 0.1) is 15.6 Å². The Balaban J connectivity index is 1.46. The van der Waals surface area contributed by atoms with Gasteiger partial charge in [-0.2, -0.15) is 0 Å². The maximum Gasteiger partial charge on any atom is 0.326 e. The second kappa shape index (κ2) is 9.26. The van der Waals surface area contributed by atoms with Crippen LogP contribution in [0.4, 0.5) is 14.9 Å². The summed E-state index contributed by atoms with van der Waals surface area (Å²) in [6.45, 7) is 0. The molecule has 3 amide bonds. The molecule has 4 aromatic carbocycles. The zero-order chi connectivity index (χ0) is 22.7. The van der Waals surface area contributed by atoms with Crippen molar-refractivity contribution in [3.63, 3.8) is 0 Å². The molecule has 0 aliphatic carbocycles. The van der Waals surface area contributed by atoms with Crippen LogP contribution in [-0.2, 0) is 0 Å². The zero-order valence-corrected chi connectivity index (χ0v) is 17.9. The molecule has 0 fully saturated rings. The molecule has 4 aromatic rings. The Bertz CT molecular complexity index is 1320. The van der Waals surface area contributed by atoms with Gasteiger partial charge in [-0.1, -0.05) is 65.7 Å². The predicted molar refractivity (Wildman–Crippen MR) is 123 cm³/mol. The molecule has 0 spiro atoms. The first-order chi connectivity index (χ1) is 15.4. The van der Waals surface area contributed by atoms with Gasteiger partial charge in [-0.15, -0.1) is 0 Å². The Labute approximate surface area is 192 Å². The highest BCUT2D eigenvalue weighted by Gasteiger charge is 2.18. The van der Waals surface area contributed by atoms with Crippen molar-refractivity contribution in [2.75, 3.05) is 5.32 Å². The Morgan fingerprint density at radius 1 is 0.812 bits per heavy atom. The number of halogens is 3. The number of urea groups is 1. The van der Waals surface area contributed by atoms with Crippen LogP contribution in [0.25, 0.3) is 10.8 Å². The number of hydrogen-bond acceptors (Lipinski definition) is 3. The summed E-state index contributed by atoms with van der Waals surface area (Å²) in [6.07, 6.45) is 0. The van der Waals surface area contributed by atoms with E-state index in [0.29, 0.717) is 17.2 Å². The summed E-state index contributed by atoms with van der Waals surface area (Å²) in [6, 6.07) is 21.0. The lowest BCUT2D eigenvalue weighted by molar-refractivity contribution is 0.0963. The van der Waals surface area contributed by atoms with E-state index in [2.05, 4.69) is 5.32 Å². The summed E-state index contributed by atoms with van der Waals surface area (Å²) in [5.41, 5.74) is -0.105. The number of carbonyl (C=O) groups excluding carboxylic acids is 2. The summed E-state index contributed by atoms with van der Waals surface area (Å²) in [7, 11) is 0. The van der Waals surface area contributed by atoms with Crippen molar-refractivity contribution in [2.24, 2.45) is 0 Å². The minimum absolute atomic E-state index is 0.103. The van der Waals surface area contributed by atoms with Gasteiger partial charge in [-0.25, -0.2) is 9.18 Å². The molecule has 0 aliphatic rings. The van der Waals surface area contributed by atoms with Crippen LogP contribution in [0.15, 0.2) is 78.9 Å². The van der Waals surface area contributed by atoms with E-state index in [1.54, 1.807) is 12.1 Å². The van der Waals surface area contributed by atoms with Crippen LogP contribution in [0.2, 0.25) is 10.0 Å². The number of rotatable bonds is 4. The third-order valence-corrected chi connectivity index (χ3v) is 5.19. The van der Waals surface area contributed by atoms with Crippen LogP contribution in [0.1, 0.15) is 10.4 Å². The van der Waals surface area contributed by atoms with E-state index in [0.717, 1.165) is 16.8 Å². The average molecular weight is 469 g/mol. The molecule has 32 heavy (non-hydrogen) atoms. The van der Waals surface area contributed by atoms with Crippen LogP contribution in [0.5, 0.6) is 11.5 Å². The fourth-order valence-electron chi connectivity index (χ4n) is 3.11. The molecule has 0 radical (unpaired) electrons. The fraction of sp³-hybridized carbons (Fsp3) is 0. The Morgan fingerprint density at radius 2 is 1.56 bits per heavy atom. The van der Waals surface area contributed by atoms with Crippen molar-refractivity contribution < 1.29 is 18.7 Å². The molecule has 5 nitrogen and oxygen atoms in total. The normalized spacial score (nSPS) is 10.6. The van der Waals surface area contributed by atoms with Crippen LogP contribution in [-0.4, -0.2) is 11.9 Å².